The molecule has 0 atom stereocenters. The van der Waals surface area contributed by atoms with Crippen LogP contribution in [0.15, 0.2) is 71.6 Å². The lowest BCUT2D eigenvalue weighted by atomic mass is 10.1. The lowest BCUT2D eigenvalue weighted by molar-refractivity contribution is 0.262. The highest BCUT2D eigenvalue weighted by molar-refractivity contribution is 9.10. The van der Waals surface area contributed by atoms with E-state index in [1.165, 1.54) is 0 Å². The van der Waals surface area contributed by atoms with Crippen LogP contribution < -0.4 is 15.4 Å². The topological polar surface area (TPSA) is 68.2 Å². The highest BCUT2D eigenvalue weighted by Crippen LogP contribution is 2.30. The molecule has 6 nitrogen and oxygen atoms in total. The highest BCUT2D eigenvalue weighted by Gasteiger charge is 2.12. The zero-order valence-corrected chi connectivity index (χ0v) is 18.2. The minimum Gasteiger partial charge on any atom is -0.495 e. The molecule has 0 unspecified atom stereocenters. The van der Waals surface area contributed by atoms with Crippen LogP contribution in [-0.4, -0.2) is 22.7 Å². The summed E-state index contributed by atoms with van der Waals surface area (Å²) in [6, 6.07) is 15.2. The molecule has 2 aromatic heterocycles. The Morgan fingerprint density at radius 2 is 1.83 bits per heavy atom. The van der Waals surface area contributed by atoms with E-state index in [4.69, 9.17) is 4.74 Å². The summed E-state index contributed by atoms with van der Waals surface area (Å²) in [5.41, 5.74) is 4.63. The van der Waals surface area contributed by atoms with Crippen molar-refractivity contribution in [1.82, 2.24) is 9.55 Å². The summed E-state index contributed by atoms with van der Waals surface area (Å²) < 4.78 is 8.35. The molecule has 2 amide bonds. The first-order valence-electron chi connectivity index (χ1n) is 9.43. The maximum Gasteiger partial charge on any atom is 0.323 e. The van der Waals surface area contributed by atoms with Gasteiger partial charge in [0.25, 0.3) is 0 Å². The highest BCUT2D eigenvalue weighted by atomic mass is 79.9. The van der Waals surface area contributed by atoms with Gasteiger partial charge in [0.2, 0.25) is 0 Å². The van der Waals surface area contributed by atoms with Crippen LogP contribution >= 0.6 is 15.9 Å². The molecule has 0 aliphatic carbocycles. The zero-order chi connectivity index (χ0) is 21.1. The molecular weight excluding hydrogens is 444 g/mol. The lowest BCUT2D eigenvalue weighted by Gasteiger charge is -2.13. The molecule has 0 bridgehead atoms. The molecule has 0 saturated heterocycles. The molecule has 0 aliphatic rings. The number of hydrogen-bond acceptors (Lipinski definition) is 3. The van der Waals surface area contributed by atoms with Crippen LogP contribution in [0.1, 0.15) is 11.1 Å². The van der Waals surface area contributed by atoms with E-state index in [-0.39, 0.29) is 6.03 Å². The zero-order valence-electron chi connectivity index (χ0n) is 16.6. The number of aromatic nitrogens is 2. The minimum atomic E-state index is -0.333. The van der Waals surface area contributed by atoms with Crippen molar-refractivity contribution in [2.24, 2.45) is 0 Å². The predicted octanol–water partition coefficient (Wildman–Crippen LogP) is 5.81. The number of nitrogens with one attached hydrogen (secondary N) is 2. The molecule has 0 radical (unpaired) electrons. The number of carbonyl (C=O) groups is 1. The van der Waals surface area contributed by atoms with Crippen LogP contribution in [0.5, 0.6) is 5.75 Å². The Morgan fingerprint density at radius 3 is 2.60 bits per heavy atom. The SMILES string of the molecule is COc1ccc(Br)cc1NC(=O)Nc1cc(C)cc2c1ccn2Cc1ccncc1. The number of hydrogen-bond donors (Lipinski definition) is 2. The van der Waals surface area contributed by atoms with Gasteiger partial charge in [0.1, 0.15) is 5.75 Å². The smallest absolute Gasteiger partial charge is 0.323 e. The second-order valence-corrected chi connectivity index (χ2v) is 7.88. The van der Waals surface area contributed by atoms with Crippen LogP contribution in [0.4, 0.5) is 16.2 Å². The maximum atomic E-state index is 12.7. The summed E-state index contributed by atoms with van der Waals surface area (Å²) in [5.74, 6) is 0.589. The first kappa shape index (κ1) is 20.0. The minimum absolute atomic E-state index is 0.333. The van der Waals surface area contributed by atoms with Crippen LogP contribution in [-0.2, 0) is 6.54 Å². The molecule has 2 heterocycles. The van der Waals surface area contributed by atoms with Gasteiger partial charge in [-0.2, -0.15) is 0 Å². The van der Waals surface area contributed by atoms with E-state index in [0.29, 0.717) is 11.4 Å². The van der Waals surface area contributed by atoms with Gasteiger partial charge < -0.3 is 19.9 Å². The number of aryl methyl sites for hydroxylation is 1. The normalized spacial score (nSPS) is 10.8. The number of pyridine rings is 1. The van der Waals surface area contributed by atoms with Crippen molar-refractivity contribution in [3.05, 3.63) is 82.7 Å². The second kappa shape index (κ2) is 8.59. The third-order valence-corrected chi connectivity index (χ3v) is 5.29. The van der Waals surface area contributed by atoms with E-state index < -0.39 is 0 Å². The van der Waals surface area contributed by atoms with Crippen LogP contribution in [0.25, 0.3) is 10.9 Å². The van der Waals surface area contributed by atoms with Gasteiger partial charge in [-0.05, 0) is 66.6 Å². The van der Waals surface area contributed by atoms with Crippen LogP contribution in [0.3, 0.4) is 0 Å². The number of anilines is 2. The van der Waals surface area contributed by atoms with E-state index in [0.717, 1.165) is 38.7 Å². The van der Waals surface area contributed by atoms with Gasteiger partial charge in [0.05, 0.1) is 24.0 Å². The number of amides is 2. The molecular formula is C23H21BrN4O2. The van der Waals surface area contributed by atoms with Crippen molar-refractivity contribution in [2.45, 2.75) is 13.5 Å². The van der Waals surface area contributed by atoms with Crippen molar-refractivity contribution < 1.29 is 9.53 Å². The predicted molar refractivity (Wildman–Crippen MR) is 123 cm³/mol. The number of ether oxygens (including phenoxy) is 1. The third-order valence-electron chi connectivity index (χ3n) is 4.79. The first-order valence-corrected chi connectivity index (χ1v) is 10.2. The van der Waals surface area contributed by atoms with Crippen LogP contribution in [0, 0.1) is 6.92 Å². The van der Waals surface area contributed by atoms with E-state index in [1.54, 1.807) is 31.6 Å². The number of rotatable bonds is 5. The fourth-order valence-corrected chi connectivity index (χ4v) is 3.78. The molecule has 0 aliphatic heterocycles. The van der Waals surface area contributed by atoms with Gasteiger partial charge in [-0.25, -0.2) is 4.79 Å². The maximum absolute atomic E-state index is 12.7. The summed E-state index contributed by atoms with van der Waals surface area (Å²) >= 11 is 3.42. The number of benzene rings is 2. The molecule has 2 aromatic carbocycles. The molecule has 30 heavy (non-hydrogen) atoms. The van der Waals surface area contributed by atoms with Gasteiger partial charge >= 0.3 is 6.03 Å². The Balaban J connectivity index is 1.60. The molecule has 4 aromatic rings. The van der Waals surface area contributed by atoms with Crippen molar-refractivity contribution in [3.8, 4) is 5.75 Å². The fourth-order valence-electron chi connectivity index (χ4n) is 3.42. The summed E-state index contributed by atoms with van der Waals surface area (Å²) in [6.45, 7) is 2.75. The average molecular weight is 465 g/mol. The number of urea groups is 1. The molecule has 4 rings (SSSR count). The molecule has 152 valence electrons. The molecule has 7 heteroatoms. The number of halogens is 1. The van der Waals surface area contributed by atoms with E-state index in [9.17, 15) is 4.79 Å². The largest absolute Gasteiger partial charge is 0.495 e. The van der Waals surface area contributed by atoms with Crippen molar-refractivity contribution >= 4 is 44.2 Å². The van der Waals surface area contributed by atoms with E-state index in [2.05, 4.69) is 42.2 Å². The first-order chi connectivity index (χ1) is 14.5. The summed E-state index contributed by atoms with van der Waals surface area (Å²) in [5, 5.41) is 6.82. The molecule has 0 spiro atoms. The number of methoxy groups -OCH3 is 1. The van der Waals surface area contributed by atoms with Gasteiger partial charge in [-0.15, -0.1) is 0 Å². The quantitative estimate of drug-likeness (QED) is 0.391. The average Bonchev–Trinajstić information content (AvgIpc) is 3.11. The van der Waals surface area contributed by atoms with Crippen molar-refractivity contribution in [2.75, 3.05) is 17.7 Å². The molecule has 2 N–H and O–H groups in total. The Labute approximate surface area is 183 Å². The lowest BCUT2D eigenvalue weighted by Crippen LogP contribution is -2.20. The summed E-state index contributed by atoms with van der Waals surface area (Å²) in [7, 11) is 1.57. The van der Waals surface area contributed by atoms with Crippen LogP contribution in [0.2, 0.25) is 0 Å². The fraction of sp³-hybridized carbons (Fsp3) is 0.130. The monoisotopic (exact) mass is 464 g/mol. The summed E-state index contributed by atoms with van der Waals surface area (Å²) in [6.07, 6.45) is 5.62. The number of fused-ring (bicyclic) bond motifs is 1. The third kappa shape index (κ3) is 4.31. The standard InChI is InChI=1S/C23H21BrN4O2/c1-15-11-19(26-23(29)27-20-13-17(24)3-4-22(20)30-2)18-7-10-28(21(18)12-15)14-16-5-8-25-9-6-16/h3-13H,14H2,1-2H3,(H2,26,27,29). The van der Waals surface area contributed by atoms with Crippen molar-refractivity contribution in [3.63, 3.8) is 0 Å². The number of nitrogens with zero attached hydrogens (tertiary/aromatic N) is 2. The Kier molecular flexibility index (Phi) is 5.72. The Morgan fingerprint density at radius 1 is 1.07 bits per heavy atom. The molecule has 0 saturated carbocycles. The van der Waals surface area contributed by atoms with Gasteiger partial charge in [-0.1, -0.05) is 15.9 Å². The number of carbonyl (C=O) groups excluding carboxylic acids is 1. The second-order valence-electron chi connectivity index (χ2n) is 6.97. The Bertz CT molecular complexity index is 1200. The Hall–Kier alpha value is -3.32. The van der Waals surface area contributed by atoms with E-state index >= 15 is 0 Å². The van der Waals surface area contributed by atoms with Gasteiger partial charge in [-0.3, -0.25) is 4.98 Å². The van der Waals surface area contributed by atoms with Gasteiger partial charge in [0.15, 0.2) is 0 Å². The van der Waals surface area contributed by atoms with E-state index in [1.807, 2.05) is 43.5 Å². The molecule has 0 fully saturated rings. The van der Waals surface area contributed by atoms with Crippen molar-refractivity contribution in [1.29, 1.82) is 0 Å². The van der Waals surface area contributed by atoms with Gasteiger partial charge in [0, 0.05) is 35.0 Å². The summed E-state index contributed by atoms with van der Waals surface area (Å²) in [4.78, 5) is 16.8.